The van der Waals surface area contributed by atoms with Crippen LogP contribution in [0.3, 0.4) is 0 Å². The summed E-state index contributed by atoms with van der Waals surface area (Å²) < 4.78 is 16.8. The first-order valence-electron chi connectivity index (χ1n) is 14.4. The highest BCUT2D eigenvalue weighted by Gasteiger charge is 2.49. The fourth-order valence-electron chi connectivity index (χ4n) is 6.13. The summed E-state index contributed by atoms with van der Waals surface area (Å²) in [5, 5.41) is 10.5. The van der Waals surface area contributed by atoms with Crippen molar-refractivity contribution in [3.8, 4) is 17.2 Å². The molecule has 1 unspecified atom stereocenters. The van der Waals surface area contributed by atoms with E-state index in [1.54, 1.807) is 7.11 Å². The maximum absolute atomic E-state index is 13.6. The molecule has 1 fully saturated rings. The Hall–Kier alpha value is -2.48. The first-order chi connectivity index (χ1) is 18.1. The van der Waals surface area contributed by atoms with E-state index in [-0.39, 0.29) is 36.6 Å². The zero-order chi connectivity index (χ0) is 27.9. The number of nitrogens with zero attached hydrogens (tertiary/aromatic N) is 2. The number of carbonyl (C=O) groups is 2. The summed E-state index contributed by atoms with van der Waals surface area (Å²) in [6.45, 7) is 13.2. The van der Waals surface area contributed by atoms with Crippen molar-refractivity contribution in [2.45, 2.75) is 91.5 Å². The van der Waals surface area contributed by atoms with Crippen LogP contribution < -0.4 is 14.2 Å². The second kappa shape index (κ2) is 13.5. The van der Waals surface area contributed by atoms with Crippen molar-refractivity contribution in [1.82, 2.24) is 9.80 Å². The number of hydrogen-bond acceptors (Lipinski definition) is 6. The number of likely N-dealkylation sites (tertiary alicyclic amines) is 1. The molecule has 3 rings (SSSR count). The van der Waals surface area contributed by atoms with Gasteiger partial charge in [-0.2, -0.15) is 0 Å². The predicted molar refractivity (Wildman–Crippen MR) is 148 cm³/mol. The molecular formula is C30H48N2O6. The number of unbranched alkanes of at least 4 members (excludes halogenated alkanes) is 2. The van der Waals surface area contributed by atoms with Crippen LogP contribution in [0.1, 0.15) is 91.0 Å². The van der Waals surface area contributed by atoms with Crippen LogP contribution in [0.5, 0.6) is 17.2 Å². The lowest BCUT2D eigenvalue weighted by atomic mass is 9.76. The number of fused-ring (bicyclic) bond motifs is 1. The minimum Gasteiger partial charge on any atom is -0.493 e. The van der Waals surface area contributed by atoms with Gasteiger partial charge in [0.1, 0.15) is 0 Å². The van der Waals surface area contributed by atoms with Crippen LogP contribution >= 0.6 is 0 Å². The van der Waals surface area contributed by atoms with Crippen molar-refractivity contribution in [2.75, 3.05) is 40.1 Å². The van der Waals surface area contributed by atoms with Gasteiger partial charge < -0.3 is 24.2 Å². The molecular weight excluding hydrogens is 484 g/mol. The Balaban J connectivity index is 1.96. The van der Waals surface area contributed by atoms with Crippen LogP contribution in [-0.2, 0) is 9.59 Å². The molecule has 38 heavy (non-hydrogen) atoms. The normalized spacial score (nSPS) is 21.1. The Morgan fingerprint density at radius 2 is 1.79 bits per heavy atom. The molecule has 0 aromatic heterocycles. The molecule has 1 saturated heterocycles. The van der Waals surface area contributed by atoms with Gasteiger partial charge in [-0.05, 0) is 48.8 Å². The van der Waals surface area contributed by atoms with Crippen molar-refractivity contribution >= 4 is 11.9 Å². The molecule has 1 amide bonds. The number of ether oxygens (including phenoxy) is 3. The van der Waals surface area contributed by atoms with Gasteiger partial charge >= 0.3 is 5.97 Å². The van der Waals surface area contributed by atoms with Gasteiger partial charge in [0, 0.05) is 31.6 Å². The van der Waals surface area contributed by atoms with E-state index in [4.69, 9.17) is 14.2 Å². The van der Waals surface area contributed by atoms with Crippen molar-refractivity contribution in [3.05, 3.63) is 17.7 Å². The van der Waals surface area contributed by atoms with Crippen molar-refractivity contribution in [2.24, 2.45) is 11.3 Å². The van der Waals surface area contributed by atoms with Gasteiger partial charge in [0.05, 0.1) is 19.6 Å². The summed E-state index contributed by atoms with van der Waals surface area (Å²) in [4.78, 5) is 30.6. The topological polar surface area (TPSA) is 88.5 Å². The van der Waals surface area contributed by atoms with E-state index in [9.17, 15) is 14.7 Å². The van der Waals surface area contributed by atoms with E-state index < -0.39 is 11.9 Å². The highest BCUT2D eigenvalue weighted by Crippen LogP contribution is 2.48. The lowest BCUT2D eigenvalue weighted by Gasteiger charge is -2.35. The predicted octanol–water partition coefficient (Wildman–Crippen LogP) is 5.54. The number of methoxy groups -OCH3 is 1. The lowest BCUT2D eigenvalue weighted by Crippen LogP contribution is -2.46. The SMILES string of the molecule is CCCCN(CCCC)C(=O)CN1CC(c2cc(OC)c3c(c2)OCO3)[C@@H](C(=O)O)[C@@H]1CC(C)(C)CCC. The molecule has 0 aliphatic carbocycles. The zero-order valence-electron chi connectivity index (χ0n) is 24.3. The fourth-order valence-corrected chi connectivity index (χ4v) is 6.13. The molecule has 0 saturated carbocycles. The van der Waals surface area contributed by atoms with Crippen molar-refractivity contribution < 1.29 is 28.9 Å². The summed E-state index contributed by atoms with van der Waals surface area (Å²) in [7, 11) is 1.58. The number of benzene rings is 1. The molecule has 0 radical (unpaired) electrons. The van der Waals surface area contributed by atoms with E-state index in [0.717, 1.165) is 57.2 Å². The average Bonchev–Trinajstić information content (AvgIpc) is 3.48. The molecule has 214 valence electrons. The second-order valence-corrected chi connectivity index (χ2v) is 11.6. The maximum atomic E-state index is 13.6. The first-order valence-corrected chi connectivity index (χ1v) is 14.4. The van der Waals surface area contributed by atoms with E-state index in [1.165, 1.54) is 0 Å². The fraction of sp³-hybridized carbons (Fsp3) is 0.733. The van der Waals surface area contributed by atoms with Gasteiger partial charge in [0.15, 0.2) is 11.5 Å². The van der Waals surface area contributed by atoms with Crippen molar-refractivity contribution in [3.63, 3.8) is 0 Å². The summed E-state index contributed by atoms with van der Waals surface area (Å²) in [6, 6.07) is 3.51. The summed E-state index contributed by atoms with van der Waals surface area (Å²) in [5.41, 5.74) is 0.806. The number of rotatable bonds is 15. The van der Waals surface area contributed by atoms with Gasteiger partial charge in [-0.3, -0.25) is 14.5 Å². The Morgan fingerprint density at radius 1 is 1.11 bits per heavy atom. The number of carboxylic acids is 1. The molecule has 2 aliphatic heterocycles. The standard InChI is InChI=1S/C30H48N2O6/c1-7-10-13-31(14-11-8-2)26(33)19-32-18-22(21-15-24(36-6)28-25(16-21)37-20-38-28)27(29(34)35)23(32)17-30(4,5)12-9-3/h15-16,22-23,27H,7-14,17-20H2,1-6H3,(H,34,35)/t22?,23-,27+/m0/s1. The number of carbonyl (C=O) groups excluding carboxylic acids is 1. The number of hydrogen-bond donors (Lipinski definition) is 1. The molecule has 1 aromatic rings. The first kappa shape index (κ1) is 30.1. The highest BCUT2D eigenvalue weighted by molar-refractivity contribution is 5.79. The Bertz CT molecular complexity index is 941. The molecule has 2 aliphatic rings. The molecule has 2 heterocycles. The molecule has 0 bridgehead atoms. The monoisotopic (exact) mass is 532 g/mol. The largest absolute Gasteiger partial charge is 0.493 e. The van der Waals surface area contributed by atoms with Crippen LogP contribution in [0.25, 0.3) is 0 Å². The summed E-state index contributed by atoms with van der Waals surface area (Å²) >= 11 is 0. The van der Waals surface area contributed by atoms with Crippen molar-refractivity contribution in [1.29, 1.82) is 0 Å². The number of carboxylic acid groups (broad SMARTS) is 1. The third-order valence-electron chi connectivity index (χ3n) is 8.08. The van der Waals surface area contributed by atoms with Crippen LogP contribution in [0.15, 0.2) is 12.1 Å². The van der Waals surface area contributed by atoms with Gasteiger partial charge in [0.25, 0.3) is 0 Å². The molecule has 8 heteroatoms. The van der Waals surface area contributed by atoms with E-state index in [2.05, 4.69) is 39.5 Å². The second-order valence-electron chi connectivity index (χ2n) is 11.6. The molecule has 0 spiro atoms. The highest BCUT2D eigenvalue weighted by atomic mass is 16.7. The van der Waals surface area contributed by atoms with Gasteiger partial charge in [-0.1, -0.05) is 53.9 Å². The molecule has 1 N–H and O–H groups in total. The van der Waals surface area contributed by atoms with Crippen LogP contribution in [-0.4, -0.2) is 72.9 Å². The molecule has 3 atom stereocenters. The number of amides is 1. The van der Waals surface area contributed by atoms with Crippen LogP contribution in [0.2, 0.25) is 0 Å². The molecule has 8 nitrogen and oxygen atoms in total. The van der Waals surface area contributed by atoms with E-state index in [0.29, 0.717) is 30.2 Å². The lowest BCUT2D eigenvalue weighted by molar-refractivity contribution is -0.144. The summed E-state index contributed by atoms with van der Waals surface area (Å²) in [6.07, 6.45) is 6.75. The van der Waals surface area contributed by atoms with Crippen LogP contribution in [0, 0.1) is 11.3 Å². The smallest absolute Gasteiger partial charge is 0.308 e. The summed E-state index contributed by atoms with van der Waals surface area (Å²) in [5.74, 6) is -0.00940. The zero-order valence-corrected chi connectivity index (χ0v) is 24.3. The van der Waals surface area contributed by atoms with Gasteiger partial charge in [-0.15, -0.1) is 0 Å². The number of aliphatic carboxylic acids is 1. The maximum Gasteiger partial charge on any atom is 0.308 e. The van der Waals surface area contributed by atoms with Gasteiger partial charge in [-0.25, -0.2) is 0 Å². The minimum atomic E-state index is -0.826. The Kier molecular flexibility index (Phi) is 10.7. The van der Waals surface area contributed by atoms with E-state index in [1.807, 2.05) is 17.0 Å². The quantitative estimate of drug-likeness (QED) is 0.317. The Morgan fingerprint density at radius 3 is 2.37 bits per heavy atom. The van der Waals surface area contributed by atoms with Gasteiger partial charge in [0.2, 0.25) is 18.4 Å². The van der Waals surface area contributed by atoms with Crippen LogP contribution in [0.4, 0.5) is 0 Å². The average molecular weight is 533 g/mol. The Labute approximate surface area is 228 Å². The van der Waals surface area contributed by atoms with E-state index >= 15 is 0 Å². The molecule has 1 aromatic carbocycles. The third-order valence-corrected chi connectivity index (χ3v) is 8.08. The minimum absolute atomic E-state index is 0.0417. The third kappa shape index (κ3) is 7.13.